The Labute approximate surface area is 118 Å². The fourth-order valence-electron chi connectivity index (χ4n) is 1.96. The molecule has 20 heavy (non-hydrogen) atoms. The highest BCUT2D eigenvalue weighted by molar-refractivity contribution is 5.32. The lowest BCUT2D eigenvalue weighted by Crippen LogP contribution is -2.03. The number of aromatic nitrogens is 2. The molecule has 2 rings (SSSR count). The fourth-order valence-corrected chi connectivity index (χ4v) is 1.96. The first kappa shape index (κ1) is 14.2. The molecule has 5 heteroatoms. The molecule has 0 saturated carbocycles. The first-order valence-electron chi connectivity index (χ1n) is 6.61. The summed E-state index contributed by atoms with van der Waals surface area (Å²) in [5.74, 6) is 1.15. The van der Waals surface area contributed by atoms with E-state index >= 15 is 0 Å². The molecule has 0 spiro atoms. The standard InChI is InChI=1S/C15H17N3O2/c1-3-4-13(19-2)15-17-14(20-18-15)9-11-5-7-12(10-16)8-6-11/h5-8,13H,3-4,9H2,1-2H3. The third-order valence-electron chi connectivity index (χ3n) is 3.05. The molecule has 0 N–H and O–H groups in total. The lowest BCUT2D eigenvalue weighted by molar-refractivity contribution is 0.0854. The van der Waals surface area contributed by atoms with E-state index in [1.54, 1.807) is 19.2 Å². The quantitative estimate of drug-likeness (QED) is 0.807. The normalized spacial score (nSPS) is 12.1. The highest BCUT2D eigenvalue weighted by Gasteiger charge is 2.17. The number of rotatable bonds is 6. The van der Waals surface area contributed by atoms with Gasteiger partial charge < -0.3 is 9.26 Å². The van der Waals surface area contributed by atoms with Crippen molar-refractivity contribution < 1.29 is 9.26 Å². The number of benzene rings is 1. The van der Waals surface area contributed by atoms with E-state index in [0.717, 1.165) is 18.4 Å². The van der Waals surface area contributed by atoms with Gasteiger partial charge in [-0.1, -0.05) is 30.6 Å². The van der Waals surface area contributed by atoms with Gasteiger partial charge in [0.05, 0.1) is 18.1 Å². The van der Waals surface area contributed by atoms with Gasteiger partial charge in [-0.15, -0.1) is 0 Å². The summed E-state index contributed by atoms with van der Waals surface area (Å²) in [6.07, 6.45) is 2.31. The molecular weight excluding hydrogens is 254 g/mol. The SMILES string of the molecule is CCCC(OC)c1noc(Cc2ccc(C#N)cc2)n1. The van der Waals surface area contributed by atoms with Crippen molar-refractivity contribution in [3.8, 4) is 6.07 Å². The summed E-state index contributed by atoms with van der Waals surface area (Å²) >= 11 is 0. The molecule has 0 bridgehead atoms. The Morgan fingerprint density at radius 1 is 1.35 bits per heavy atom. The Kier molecular flexibility index (Phi) is 4.85. The summed E-state index contributed by atoms with van der Waals surface area (Å²) in [4.78, 5) is 4.37. The van der Waals surface area contributed by atoms with Crippen LogP contribution in [0.5, 0.6) is 0 Å². The molecule has 1 heterocycles. The van der Waals surface area contributed by atoms with Crippen LogP contribution in [0.1, 0.15) is 48.7 Å². The van der Waals surface area contributed by atoms with E-state index < -0.39 is 0 Å². The summed E-state index contributed by atoms with van der Waals surface area (Å²) in [6.45, 7) is 2.09. The number of methoxy groups -OCH3 is 1. The Balaban J connectivity index is 2.06. The highest BCUT2D eigenvalue weighted by atomic mass is 16.5. The van der Waals surface area contributed by atoms with Crippen molar-refractivity contribution in [2.45, 2.75) is 32.3 Å². The molecule has 104 valence electrons. The molecular formula is C15H17N3O2. The van der Waals surface area contributed by atoms with Crippen LogP contribution in [0.3, 0.4) is 0 Å². The first-order chi connectivity index (χ1) is 9.76. The second-order valence-electron chi connectivity index (χ2n) is 4.54. The number of ether oxygens (including phenoxy) is 1. The number of hydrogen-bond donors (Lipinski definition) is 0. The van der Waals surface area contributed by atoms with Crippen LogP contribution >= 0.6 is 0 Å². The lowest BCUT2D eigenvalue weighted by atomic mass is 10.1. The summed E-state index contributed by atoms with van der Waals surface area (Å²) in [5, 5.41) is 12.7. The van der Waals surface area contributed by atoms with Gasteiger partial charge in [-0.2, -0.15) is 10.2 Å². The maximum absolute atomic E-state index is 8.76. The molecule has 1 aromatic carbocycles. The average Bonchev–Trinajstić information content (AvgIpc) is 2.94. The van der Waals surface area contributed by atoms with Crippen LogP contribution in [0.2, 0.25) is 0 Å². The predicted molar refractivity (Wildman–Crippen MR) is 72.9 cm³/mol. The second-order valence-corrected chi connectivity index (χ2v) is 4.54. The van der Waals surface area contributed by atoms with Crippen LogP contribution in [-0.2, 0) is 11.2 Å². The summed E-state index contributed by atoms with van der Waals surface area (Å²) < 4.78 is 10.6. The summed E-state index contributed by atoms with van der Waals surface area (Å²) in [6, 6.07) is 9.43. The minimum atomic E-state index is -0.113. The number of hydrogen-bond acceptors (Lipinski definition) is 5. The molecule has 0 aliphatic heterocycles. The van der Waals surface area contributed by atoms with E-state index in [-0.39, 0.29) is 6.10 Å². The molecule has 5 nitrogen and oxygen atoms in total. The van der Waals surface area contributed by atoms with Crippen molar-refractivity contribution in [2.75, 3.05) is 7.11 Å². The second kappa shape index (κ2) is 6.83. The van der Waals surface area contributed by atoms with Crippen molar-refractivity contribution in [3.63, 3.8) is 0 Å². The molecule has 1 aromatic heterocycles. The Bertz CT molecular complexity index is 584. The van der Waals surface area contributed by atoms with Gasteiger partial charge in [-0.3, -0.25) is 0 Å². The number of nitriles is 1. The van der Waals surface area contributed by atoms with Crippen molar-refractivity contribution in [3.05, 3.63) is 47.1 Å². The van der Waals surface area contributed by atoms with Gasteiger partial charge in [0.1, 0.15) is 6.10 Å². The minimum absolute atomic E-state index is 0.113. The van der Waals surface area contributed by atoms with Crippen LogP contribution in [0.4, 0.5) is 0 Å². The molecule has 0 aliphatic carbocycles. The summed E-state index contributed by atoms with van der Waals surface area (Å²) in [5.41, 5.74) is 1.67. The van der Waals surface area contributed by atoms with Gasteiger partial charge in [-0.25, -0.2) is 0 Å². The van der Waals surface area contributed by atoms with E-state index in [2.05, 4.69) is 23.1 Å². The zero-order valence-electron chi connectivity index (χ0n) is 11.7. The fraction of sp³-hybridized carbons (Fsp3) is 0.400. The zero-order chi connectivity index (χ0) is 14.4. The molecule has 1 atom stereocenters. The first-order valence-corrected chi connectivity index (χ1v) is 6.61. The van der Waals surface area contributed by atoms with Crippen molar-refractivity contribution in [2.24, 2.45) is 0 Å². The molecule has 0 radical (unpaired) electrons. The van der Waals surface area contributed by atoms with Crippen molar-refractivity contribution in [1.82, 2.24) is 10.1 Å². The topological polar surface area (TPSA) is 71.9 Å². The lowest BCUT2D eigenvalue weighted by Gasteiger charge is -2.08. The molecule has 0 saturated heterocycles. The largest absolute Gasteiger partial charge is 0.373 e. The van der Waals surface area contributed by atoms with E-state index in [1.165, 1.54) is 0 Å². The molecule has 0 amide bonds. The van der Waals surface area contributed by atoms with Crippen molar-refractivity contribution >= 4 is 0 Å². The Morgan fingerprint density at radius 2 is 2.10 bits per heavy atom. The van der Waals surface area contributed by atoms with Gasteiger partial charge in [-0.05, 0) is 24.1 Å². The number of nitrogens with zero attached hydrogens (tertiary/aromatic N) is 3. The van der Waals surface area contributed by atoms with Gasteiger partial charge in [0.25, 0.3) is 0 Å². The molecule has 1 unspecified atom stereocenters. The van der Waals surface area contributed by atoms with Crippen LogP contribution in [0, 0.1) is 11.3 Å². The van der Waals surface area contributed by atoms with Gasteiger partial charge in [0.15, 0.2) is 0 Å². The minimum Gasteiger partial charge on any atom is -0.373 e. The maximum Gasteiger partial charge on any atom is 0.231 e. The van der Waals surface area contributed by atoms with Crippen molar-refractivity contribution in [1.29, 1.82) is 5.26 Å². The molecule has 2 aromatic rings. The predicted octanol–water partition coefficient (Wildman–Crippen LogP) is 3.02. The van der Waals surface area contributed by atoms with Gasteiger partial charge in [0, 0.05) is 7.11 Å². The van der Waals surface area contributed by atoms with E-state index in [9.17, 15) is 0 Å². The zero-order valence-corrected chi connectivity index (χ0v) is 11.7. The van der Waals surface area contributed by atoms with E-state index in [0.29, 0.717) is 23.7 Å². The third kappa shape index (κ3) is 3.43. The van der Waals surface area contributed by atoms with Gasteiger partial charge >= 0.3 is 0 Å². The van der Waals surface area contributed by atoms with E-state index in [4.69, 9.17) is 14.5 Å². The van der Waals surface area contributed by atoms with Crippen LogP contribution < -0.4 is 0 Å². The smallest absolute Gasteiger partial charge is 0.231 e. The van der Waals surface area contributed by atoms with Gasteiger partial charge in [0.2, 0.25) is 11.7 Å². The monoisotopic (exact) mass is 271 g/mol. The maximum atomic E-state index is 8.76. The molecule has 0 fully saturated rings. The van der Waals surface area contributed by atoms with Crippen LogP contribution in [0.25, 0.3) is 0 Å². The molecule has 0 aliphatic rings. The van der Waals surface area contributed by atoms with Crippen LogP contribution in [-0.4, -0.2) is 17.3 Å². The van der Waals surface area contributed by atoms with E-state index in [1.807, 2.05) is 12.1 Å². The van der Waals surface area contributed by atoms with Crippen LogP contribution in [0.15, 0.2) is 28.8 Å². The summed E-state index contributed by atoms with van der Waals surface area (Å²) in [7, 11) is 1.65. The highest BCUT2D eigenvalue weighted by Crippen LogP contribution is 2.19. The Hall–Kier alpha value is -2.19. The third-order valence-corrected chi connectivity index (χ3v) is 3.05. The Morgan fingerprint density at radius 3 is 2.70 bits per heavy atom. The average molecular weight is 271 g/mol.